The van der Waals surface area contributed by atoms with E-state index in [4.69, 9.17) is 21.6 Å². The lowest BCUT2D eigenvalue weighted by molar-refractivity contribution is -0.156. The van der Waals surface area contributed by atoms with Crippen molar-refractivity contribution in [2.75, 3.05) is 6.54 Å². The van der Waals surface area contributed by atoms with Crippen LogP contribution in [0, 0.1) is 5.41 Å². The van der Waals surface area contributed by atoms with E-state index >= 15 is 0 Å². The Bertz CT molecular complexity index is 222. The van der Waals surface area contributed by atoms with Gasteiger partial charge in [-0.3, -0.25) is 10.2 Å². The van der Waals surface area contributed by atoms with Crippen LogP contribution in [0.4, 0.5) is 0 Å². The molecule has 82 valence electrons. The van der Waals surface area contributed by atoms with Crippen LogP contribution >= 0.6 is 0 Å². The van der Waals surface area contributed by atoms with Gasteiger partial charge in [0.15, 0.2) is 5.96 Å². The predicted molar refractivity (Wildman–Crippen MR) is 53.7 cm³/mol. The Morgan fingerprint density at radius 2 is 2.07 bits per heavy atom. The summed E-state index contributed by atoms with van der Waals surface area (Å²) in [4.78, 5) is 11.3. The maximum atomic E-state index is 11.3. The highest BCUT2D eigenvalue weighted by Gasteiger charge is 2.21. The Balaban J connectivity index is 3.94. The molecule has 0 fully saturated rings. The monoisotopic (exact) mass is 202 g/mol. The van der Waals surface area contributed by atoms with Crippen molar-refractivity contribution < 1.29 is 9.53 Å². The number of guanidine groups is 1. The fourth-order valence-corrected chi connectivity index (χ4v) is 0.681. The molecule has 0 spiro atoms. The van der Waals surface area contributed by atoms with E-state index in [1.54, 1.807) is 20.8 Å². The number of esters is 1. The van der Waals surface area contributed by atoms with Crippen LogP contribution in [0.15, 0.2) is 0 Å². The minimum Gasteiger partial charge on any atom is -0.459 e. The number of carbonyl (C=O) groups is 1. The molecule has 0 rings (SSSR count). The van der Waals surface area contributed by atoms with Crippen molar-refractivity contribution in [2.24, 2.45) is 11.5 Å². The van der Waals surface area contributed by atoms with Crippen LogP contribution in [-0.2, 0) is 9.53 Å². The Morgan fingerprint density at radius 1 is 1.57 bits per heavy atom. The number of ether oxygens (including phenoxy) is 1. The fraction of sp³-hybridized carbons (Fsp3) is 0.750. The van der Waals surface area contributed by atoms with Gasteiger partial charge >= 0.3 is 5.97 Å². The molecule has 0 amide bonds. The van der Waals surface area contributed by atoms with Gasteiger partial charge in [-0.1, -0.05) is 0 Å². The zero-order chi connectivity index (χ0) is 11.4. The molecule has 0 saturated heterocycles. The maximum absolute atomic E-state index is 11.3. The van der Waals surface area contributed by atoms with Crippen LogP contribution in [0.3, 0.4) is 0 Å². The standard InChI is InChI=1S/C8H18N4O2/c1-8(2,3)14-6(13)5(9)4-12-7(10)11/h5H,4,9H2,1-3H3,(H4,10,11,12). The molecule has 0 aliphatic heterocycles. The SMILES string of the molecule is CC(C)(C)OC(=O)C(N)CNC(=N)N. The second-order valence-electron chi connectivity index (χ2n) is 3.93. The molecule has 0 aliphatic rings. The fourth-order valence-electron chi connectivity index (χ4n) is 0.681. The quantitative estimate of drug-likeness (QED) is 0.270. The molecular formula is C8H18N4O2. The second-order valence-corrected chi connectivity index (χ2v) is 3.93. The number of hydrogen-bond acceptors (Lipinski definition) is 4. The number of nitrogens with two attached hydrogens (primary N) is 2. The third kappa shape index (κ3) is 6.24. The van der Waals surface area contributed by atoms with Crippen LogP contribution in [0.1, 0.15) is 20.8 Å². The van der Waals surface area contributed by atoms with Crippen molar-refractivity contribution in [3.05, 3.63) is 0 Å². The van der Waals surface area contributed by atoms with Crippen LogP contribution in [0.2, 0.25) is 0 Å². The van der Waals surface area contributed by atoms with Crippen molar-refractivity contribution in [1.29, 1.82) is 5.41 Å². The third-order valence-corrected chi connectivity index (χ3v) is 1.22. The average molecular weight is 202 g/mol. The summed E-state index contributed by atoms with van der Waals surface area (Å²) in [6, 6.07) is -0.807. The zero-order valence-electron chi connectivity index (χ0n) is 8.76. The van der Waals surface area contributed by atoms with Gasteiger partial charge in [0.05, 0.1) is 0 Å². The Morgan fingerprint density at radius 3 is 2.43 bits per heavy atom. The highest BCUT2D eigenvalue weighted by atomic mass is 16.6. The molecule has 0 radical (unpaired) electrons. The highest BCUT2D eigenvalue weighted by molar-refractivity contribution is 5.78. The lowest BCUT2D eigenvalue weighted by atomic mass is 10.2. The summed E-state index contributed by atoms with van der Waals surface area (Å²) in [6.07, 6.45) is 0. The summed E-state index contributed by atoms with van der Waals surface area (Å²) in [5.41, 5.74) is 9.97. The molecule has 0 heterocycles. The molecule has 6 nitrogen and oxygen atoms in total. The molecule has 6 N–H and O–H groups in total. The Hall–Kier alpha value is -1.30. The molecule has 0 saturated carbocycles. The van der Waals surface area contributed by atoms with E-state index in [-0.39, 0.29) is 12.5 Å². The molecule has 1 atom stereocenters. The molecule has 0 aromatic rings. The molecule has 0 aromatic carbocycles. The normalized spacial score (nSPS) is 13.1. The largest absolute Gasteiger partial charge is 0.459 e. The van der Waals surface area contributed by atoms with Gasteiger partial charge in [0, 0.05) is 6.54 Å². The minimum absolute atomic E-state index is 0.101. The van der Waals surface area contributed by atoms with Gasteiger partial charge in [0.1, 0.15) is 11.6 Å². The Kier molecular flexibility index (Phi) is 4.36. The van der Waals surface area contributed by atoms with Crippen LogP contribution in [0.5, 0.6) is 0 Å². The van der Waals surface area contributed by atoms with Crippen LogP contribution in [-0.4, -0.2) is 30.1 Å². The topological polar surface area (TPSA) is 114 Å². The van der Waals surface area contributed by atoms with Crippen molar-refractivity contribution in [3.63, 3.8) is 0 Å². The summed E-state index contributed by atoms with van der Waals surface area (Å²) in [6.45, 7) is 5.38. The first-order chi connectivity index (χ1) is 6.22. The summed E-state index contributed by atoms with van der Waals surface area (Å²) in [5.74, 6) is -0.727. The second kappa shape index (κ2) is 4.80. The maximum Gasteiger partial charge on any atom is 0.325 e. The van der Waals surface area contributed by atoms with E-state index < -0.39 is 17.6 Å². The summed E-state index contributed by atoms with van der Waals surface area (Å²) < 4.78 is 5.02. The van der Waals surface area contributed by atoms with E-state index in [0.717, 1.165) is 0 Å². The van der Waals surface area contributed by atoms with Gasteiger partial charge in [0.25, 0.3) is 0 Å². The molecule has 0 aliphatic carbocycles. The van der Waals surface area contributed by atoms with Crippen LogP contribution < -0.4 is 16.8 Å². The van der Waals surface area contributed by atoms with E-state index in [0.29, 0.717) is 0 Å². The number of carbonyl (C=O) groups excluding carboxylic acids is 1. The van der Waals surface area contributed by atoms with Gasteiger partial charge in [0.2, 0.25) is 0 Å². The minimum atomic E-state index is -0.807. The lowest BCUT2D eigenvalue weighted by Crippen LogP contribution is -2.46. The van der Waals surface area contributed by atoms with Crippen molar-refractivity contribution >= 4 is 11.9 Å². The van der Waals surface area contributed by atoms with Crippen molar-refractivity contribution in [2.45, 2.75) is 32.4 Å². The molecule has 0 bridgehead atoms. The molecule has 6 heteroatoms. The number of nitrogens with one attached hydrogen (secondary N) is 2. The lowest BCUT2D eigenvalue weighted by Gasteiger charge is -2.22. The average Bonchev–Trinajstić information content (AvgIpc) is 1.96. The summed E-state index contributed by atoms with van der Waals surface area (Å²) >= 11 is 0. The van der Waals surface area contributed by atoms with Gasteiger partial charge in [-0.05, 0) is 20.8 Å². The third-order valence-electron chi connectivity index (χ3n) is 1.22. The van der Waals surface area contributed by atoms with E-state index in [1.807, 2.05) is 0 Å². The number of hydrogen-bond donors (Lipinski definition) is 4. The van der Waals surface area contributed by atoms with E-state index in [9.17, 15) is 4.79 Å². The molecule has 0 aromatic heterocycles. The Labute approximate surface area is 83.5 Å². The van der Waals surface area contributed by atoms with Crippen molar-refractivity contribution in [3.8, 4) is 0 Å². The molecule has 1 unspecified atom stereocenters. The molecule has 14 heavy (non-hydrogen) atoms. The summed E-state index contributed by atoms with van der Waals surface area (Å²) in [7, 11) is 0. The summed E-state index contributed by atoms with van der Waals surface area (Å²) in [5, 5.41) is 9.31. The number of rotatable bonds is 3. The van der Waals surface area contributed by atoms with Crippen LogP contribution in [0.25, 0.3) is 0 Å². The molecular weight excluding hydrogens is 184 g/mol. The van der Waals surface area contributed by atoms with Crippen molar-refractivity contribution in [1.82, 2.24) is 5.32 Å². The van der Waals surface area contributed by atoms with Gasteiger partial charge in [-0.2, -0.15) is 0 Å². The van der Waals surface area contributed by atoms with Gasteiger partial charge in [-0.15, -0.1) is 0 Å². The first-order valence-corrected chi connectivity index (χ1v) is 4.28. The van der Waals surface area contributed by atoms with E-state index in [2.05, 4.69) is 5.32 Å². The highest BCUT2D eigenvalue weighted by Crippen LogP contribution is 2.07. The predicted octanol–water partition coefficient (Wildman–Crippen LogP) is -0.862. The van der Waals surface area contributed by atoms with Gasteiger partial charge in [-0.25, -0.2) is 0 Å². The first-order valence-electron chi connectivity index (χ1n) is 4.28. The first kappa shape index (κ1) is 12.7. The van der Waals surface area contributed by atoms with E-state index in [1.165, 1.54) is 0 Å². The zero-order valence-corrected chi connectivity index (χ0v) is 8.76. The van der Waals surface area contributed by atoms with Gasteiger partial charge < -0.3 is 21.5 Å². The smallest absolute Gasteiger partial charge is 0.325 e.